The molecule has 4 N–H and O–H groups in total. The predicted molar refractivity (Wildman–Crippen MR) is 107 cm³/mol. The van der Waals surface area contributed by atoms with E-state index in [1.54, 1.807) is 24.3 Å². The van der Waals surface area contributed by atoms with Crippen molar-refractivity contribution < 1.29 is 9.59 Å². The molecule has 0 spiro atoms. The highest BCUT2D eigenvalue weighted by molar-refractivity contribution is 5.96. The third-order valence-corrected chi connectivity index (χ3v) is 5.06. The Kier molecular flexibility index (Phi) is 5.46. The first-order valence-electron chi connectivity index (χ1n) is 9.12. The fourth-order valence-electron chi connectivity index (χ4n) is 3.40. The number of benzene rings is 2. The molecule has 1 aliphatic rings. The maximum Gasteiger partial charge on any atom is 0.316 e. The van der Waals surface area contributed by atoms with Crippen LogP contribution in [0.4, 0.5) is 10.5 Å². The standard InChI is InChI=1S/C21H26N4O2/c1-21(2,25-11-10-15-6-3-4-7-17(15)13-25)14-23-19(26)16-8-5-9-18(12-16)24-20(22)27/h3-9,12H,10-11,13-14H2,1-2H3,(H,23,26)(H3,22,24,27). The van der Waals surface area contributed by atoms with Crippen LogP contribution in [0.5, 0.6) is 0 Å². The number of urea groups is 1. The van der Waals surface area contributed by atoms with E-state index < -0.39 is 6.03 Å². The molecular weight excluding hydrogens is 340 g/mol. The summed E-state index contributed by atoms with van der Waals surface area (Å²) in [5.41, 5.74) is 8.71. The Bertz CT molecular complexity index is 848. The Morgan fingerprint density at radius 2 is 1.85 bits per heavy atom. The number of fused-ring (bicyclic) bond motifs is 1. The van der Waals surface area contributed by atoms with Crippen LogP contribution in [0.2, 0.25) is 0 Å². The van der Waals surface area contributed by atoms with Crippen molar-refractivity contribution in [2.75, 3.05) is 18.4 Å². The minimum atomic E-state index is -0.654. The minimum absolute atomic E-state index is 0.173. The lowest BCUT2D eigenvalue weighted by molar-refractivity contribution is 0.0826. The lowest BCUT2D eigenvalue weighted by atomic mass is 9.94. The molecule has 3 rings (SSSR count). The molecule has 0 saturated heterocycles. The number of nitrogens with two attached hydrogens (primary N) is 1. The fourth-order valence-corrected chi connectivity index (χ4v) is 3.40. The number of nitrogens with one attached hydrogen (secondary N) is 2. The van der Waals surface area contributed by atoms with E-state index in [0.717, 1.165) is 19.5 Å². The molecule has 0 aromatic heterocycles. The van der Waals surface area contributed by atoms with Gasteiger partial charge in [-0.25, -0.2) is 4.79 Å². The molecule has 1 heterocycles. The van der Waals surface area contributed by atoms with Gasteiger partial charge in [0.2, 0.25) is 0 Å². The number of carbonyl (C=O) groups excluding carboxylic acids is 2. The Morgan fingerprint density at radius 1 is 1.11 bits per heavy atom. The SMILES string of the molecule is CC(C)(CNC(=O)c1cccc(NC(N)=O)c1)N1CCc2ccccc2C1. The molecule has 6 nitrogen and oxygen atoms in total. The van der Waals surface area contributed by atoms with Gasteiger partial charge in [-0.3, -0.25) is 9.69 Å². The van der Waals surface area contributed by atoms with Crippen molar-refractivity contribution >= 4 is 17.6 Å². The second-order valence-electron chi connectivity index (χ2n) is 7.51. The molecule has 0 bridgehead atoms. The quantitative estimate of drug-likeness (QED) is 0.760. The molecule has 0 fully saturated rings. The summed E-state index contributed by atoms with van der Waals surface area (Å²) in [5, 5.41) is 5.50. The average molecular weight is 366 g/mol. The second kappa shape index (κ2) is 7.80. The normalized spacial score (nSPS) is 14.3. The van der Waals surface area contributed by atoms with Gasteiger partial charge in [0.15, 0.2) is 0 Å². The Labute approximate surface area is 159 Å². The summed E-state index contributed by atoms with van der Waals surface area (Å²) in [4.78, 5) is 25.9. The molecular formula is C21H26N4O2. The van der Waals surface area contributed by atoms with Crippen LogP contribution in [0.25, 0.3) is 0 Å². The highest BCUT2D eigenvalue weighted by Gasteiger charge is 2.30. The van der Waals surface area contributed by atoms with Gasteiger partial charge in [0.25, 0.3) is 5.91 Å². The second-order valence-corrected chi connectivity index (χ2v) is 7.51. The number of rotatable bonds is 5. The van der Waals surface area contributed by atoms with Crippen LogP contribution in [0.3, 0.4) is 0 Å². The topological polar surface area (TPSA) is 87.5 Å². The summed E-state index contributed by atoms with van der Waals surface area (Å²) in [6, 6.07) is 14.6. The fraction of sp³-hybridized carbons (Fsp3) is 0.333. The molecule has 0 aliphatic carbocycles. The summed E-state index contributed by atoms with van der Waals surface area (Å²) < 4.78 is 0. The first-order valence-corrected chi connectivity index (χ1v) is 9.12. The number of hydrogen-bond donors (Lipinski definition) is 3. The molecule has 142 valence electrons. The number of primary amides is 1. The van der Waals surface area contributed by atoms with Crippen LogP contribution in [-0.4, -0.2) is 35.5 Å². The van der Waals surface area contributed by atoms with E-state index in [0.29, 0.717) is 17.8 Å². The molecule has 27 heavy (non-hydrogen) atoms. The molecule has 1 aliphatic heterocycles. The molecule has 0 atom stereocenters. The maximum atomic E-state index is 12.5. The van der Waals surface area contributed by atoms with Gasteiger partial charge in [-0.15, -0.1) is 0 Å². The Balaban J connectivity index is 1.62. The van der Waals surface area contributed by atoms with Gasteiger partial charge < -0.3 is 16.4 Å². The molecule has 2 aromatic carbocycles. The van der Waals surface area contributed by atoms with E-state index in [1.807, 2.05) is 0 Å². The van der Waals surface area contributed by atoms with Crippen molar-refractivity contribution in [3.8, 4) is 0 Å². The first-order chi connectivity index (χ1) is 12.8. The molecule has 2 aromatic rings. The first kappa shape index (κ1) is 18.9. The van der Waals surface area contributed by atoms with E-state index in [4.69, 9.17) is 5.73 Å². The van der Waals surface area contributed by atoms with Gasteiger partial charge in [-0.1, -0.05) is 30.3 Å². The van der Waals surface area contributed by atoms with Gasteiger partial charge in [-0.05, 0) is 49.6 Å². The van der Waals surface area contributed by atoms with Crippen LogP contribution < -0.4 is 16.4 Å². The lowest BCUT2D eigenvalue weighted by Gasteiger charge is -2.41. The largest absolute Gasteiger partial charge is 0.351 e. The predicted octanol–water partition coefficient (Wildman–Crippen LogP) is 2.74. The zero-order valence-corrected chi connectivity index (χ0v) is 15.8. The van der Waals surface area contributed by atoms with Crippen molar-refractivity contribution in [1.82, 2.24) is 10.2 Å². The van der Waals surface area contributed by atoms with E-state index >= 15 is 0 Å². The third-order valence-electron chi connectivity index (χ3n) is 5.06. The summed E-state index contributed by atoms with van der Waals surface area (Å²) >= 11 is 0. The van der Waals surface area contributed by atoms with Crippen molar-refractivity contribution in [2.45, 2.75) is 32.4 Å². The van der Waals surface area contributed by atoms with E-state index in [1.165, 1.54) is 11.1 Å². The van der Waals surface area contributed by atoms with Gasteiger partial charge in [0, 0.05) is 36.4 Å². The number of anilines is 1. The van der Waals surface area contributed by atoms with Gasteiger partial charge in [-0.2, -0.15) is 0 Å². The van der Waals surface area contributed by atoms with Crippen LogP contribution in [0.1, 0.15) is 35.3 Å². The number of amides is 3. The van der Waals surface area contributed by atoms with Gasteiger partial charge in [0.05, 0.1) is 0 Å². The van der Waals surface area contributed by atoms with E-state index in [9.17, 15) is 9.59 Å². The molecule has 6 heteroatoms. The summed E-state index contributed by atoms with van der Waals surface area (Å²) in [6.07, 6.45) is 1.02. The molecule has 0 radical (unpaired) electrons. The maximum absolute atomic E-state index is 12.5. The molecule has 0 saturated carbocycles. The molecule has 3 amide bonds. The third kappa shape index (κ3) is 4.65. The summed E-state index contributed by atoms with van der Waals surface area (Å²) in [6.45, 7) is 6.68. The van der Waals surface area contributed by atoms with E-state index in [-0.39, 0.29) is 11.4 Å². The Hall–Kier alpha value is -2.86. The van der Waals surface area contributed by atoms with Crippen molar-refractivity contribution in [3.05, 3.63) is 65.2 Å². The van der Waals surface area contributed by atoms with E-state index in [2.05, 4.69) is 53.6 Å². The lowest BCUT2D eigenvalue weighted by Crippen LogP contribution is -2.53. The zero-order chi connectivity index (χ0) is 19.4. The highest BCUT2D eigenvalue weighted by Crippen LogP contribution is 2.25. The van der Waals surface area contributed by atoms with Crippen LogP contribution in [0.15, 0.2) is 48.5 Å². The zero-order valence-electron chi connectivity index (χ0n) is 15.8. The van der Waals surface area contributed by atoms with Crippen molar-refractivity contribution in [3.63, 3.8) is 0 Å². The van der Waals surface area contributed by atoms with Gasteiger partial charge in [0.1, 0.15) is 0 Å². The monoisotopic (exact) mass is 366 g/mol. The number of hydrogen-bond acceptors (Lipinski definition) is 3. The average Bonchev–Trinajstić information content (AvgIpc) is 2.65. The van der Waals surface area contributed by atoms with Crippen LogP contribution in [-0.2, 0) is 13.0 Å². The summed E-state index contributed by atoms with van der Waals surface area (Å²) in [5.74, 6) is -0.173. The van der Waals surface area contributed by atoms with Crippen LogP contribution >= 0.6 is 0 Å². The van der Waals surface area contributed by atoms with Crippen molar-refractivity contribution in [2.24, 2.45) is 5.73 Å². The molecule has 0 unspecified atom stereocenters. The number of nitrogens with zero attached hydrogens (tertiary/aromatic N) is 1. The highest BCUT2D eigenvalue weighted by atomic mass is 16.2. The van der Waals surface area contributed by atoms with Crippen molar-refractivity contribution in [1.29, 1.82) is 0 Å². The Morgan fingerprint density at radius 3 is 2.59 bits per heavy atom. The van der Waals surface area contributed by atoms with Crippen LogP contribution in [0, 0.1) is 0 Å². The number of carbonyl (C=O) groups is 2. The summed E-state index contributed by atoms with van der Waals surface area (Å²) in [7, 11) is 0. The van der Waals surface area contributed by atoms with Gasteiger partial charge >= 0.3 is 6.03 Å². The minimum Gasteiger partial charge on any atom is -0.351 e. The smallest absolute Gasteiger partial charge is 0.316 e.